The minimum absolute atomic E-state index is 0.103. The highest BCUT2D eigenvalue weighted by atomic mass is 16.4. The third kappa shape index (κ3) is 2.44. The zero-order valence-electron chi connectivity index (χ0n) is 12.6. The second-order valence-corrected chi connectivity index (χ2v) is 5.53. The van der Waals surface area contributed by atoms with Crippen LogP contribution in [0.1, 0.15) is 40.4 Å². The van der Waals surface area contributed by atoms with Crippen LogP contribution in [-0.2, 0) is 4.79 Å². The molecule has 118 valence electrons. The molecular formula is C18H17NO4. The first-order valence-corrected chi connectivity index (χ1v) is 7.46. The van der Waals surface area contributed by atoms with Gasteiger partial charge in [-0.2, -0.15) is 0 Å². The van der Waals surface area contributed by atoms with Crippen molar-refractivity contribution in [1.82, 2.24) is 4.90 Å². The Labute approximate surface area is 133 Å². The summed E-state index contributed by atoms with van der Waals surface area (Å²) in [6, 6.07) is 12.6. The molecule has 0 aliphatic carbocycles. The maximum absolute atomic E-state index is 12.8. The van der Waals surface area contributed by atoms with Crippen molar-refractivity contribution >= 4 is 11.9 Å². The Balaban J connectivity index is 2.20. The molecule has 23 heavy (non-hydrogen) atoms. The van der Waals surface area contributed by atoms with Gasteiger partial charge in [0.05, 0.1) is 6.04 Å². The van der Waals surface area contributed by atoms with Gasteiger partial charge in [-0.15, -0.1) is 0 Å². The van der Waals surface area contributed by atoms with E-state index in [1.54, 1.807) is 41.3 Å². The molecule has 0 bridgehead atoms. The molecule has 0 saturated carbocycles. The molecule has 2 atom stereocenters. The predicted molar refractivity (Wildman–Crippen MR) is 84.4 cm³/mol. The number of benzene rings is 2. The summed E-state index contributed by atoms with van der Waals surface area (Å²) in [6.07, 6.45) is 0. The number of carboxylic acids is 1. The van der Waals surface area contributed by atoms with Crippen molar-refractivity contribution in [1.29, 1.82) is 0 Å². The number of amides is 1. The zero-order chi connectivity index (χ0) is 16.6. The lowest BCUT2D eigenvalue weighted by molar-refractivity contribution is -0.140. The number of hydrogen-bond donors (Lipinski definition) is 2. The SMILES string of the molecule is CCN1C(=O)c2ccccc2C(C(=O)O)C1c1ccc(O)cc1. The van der Waals surface area contributed by atoms with Gasteiger partial charge in [-0.05, 0) is 36.2 Å². The largest absolute Gasteiger partial charge is 0.508 e. The number of nitrogens with zero attached hydrogens (tertiary/aromatic N) is 1. The molecule has 2 N–H and O–H groups in total. The molecular weight excluding hydrogens is 294 g/mol. The first-order valence-electron chi connectivity index (χ1n) is 7.46. The van der Waals surface area contributed by atoms with Crippen LogP contribution in [0.2, 0.25) is 0 Å². The van der Waals surface area contributed by atoms with E-state index in [9.17, 15) is 19.8 Å². The molecule has 2 unspecified atom stereocenters. The summed E-state index contributed by atoms with van der Waals surface area (Å²) < 4.78 is 0. The first kappa shape index (κ1) is 15.1. The number of hydrogen-bond acceptors (Lipinski definition) is 3. The smallest absolute Gasteiger partial charge is 0.313 e. The molecule has 0 saturated heterocycles. The molecule has 1 amide bonds. The number of phenols is 1. The Morgan fingerprint density at radius 3 is 2.39 bits per heavy atom. The lowest BCUT2D eigenvalue weighted by atomic mass is 9.80. The third-order valence-corrected chi connectivity index (χ3v) is 4.28. The van der Waals surface area contributed by atoms with Crippen LogP contribution in [0.5, 0.6) is 5.75 Å². The standard InChI is InChI=1S/C18H17NO4/c1-2-19-16(11-7-9-12(20)10-8-11)15(18(22)23)13-5-3-4-6-14(13)17(19)21/h3-10,15-16,20H,2H2,1H3,(H,22,23). The summed E-state index contributed by atoms with van der Waals surface area (Å²) >= 11 is 0. The minimum atomic E-state index is -0.971. The van der Waals surface area contributed by atoms with E-state index in [1.807, 2.05) is 6.92 Å². The van der Waals surface area contributed by atoms with Gasteiger partial charge in [0.2, 0.25) is 0 Å². The van der Waals surface area contributed by atoms with Gasteiger partial charge in [-0.1, -0.05) is 30.3 Å². The second kappa shape index (κ2) is 5.76. The Morgan fingerprint density at radius 1 is 1.13 bits per heavy atom. The van der Waals surface area contributed by atoms with Gasteiger partial charge in [-0.3, -0.25) is 9.59 Å². The molecule has 2 aromatic rings. The van der Waals surface area contributed by atoms with Crippen LogP contribution in [-0.4, -0.2) is 33.5 Å². The maximum Gasteiger partial charge on any atom is 0.313 e. The number of carbonyl (C=O) groups is 2. The van der Waals surface area contributed by atoms with Gasteiger partial charge < -0.3 is 15.1 Å². The number of carbonyl (C=O) groups excluding carboxylic acids is 1. The van der Waals surface area contributed by atoms with Crippen molar-refractivity contribution in [2.75, 3.05) is 6.54 Å². The third-order valence-electron chi connectivity index (χ3n) is 4.28. The molecule has 1 heterocycles. The normalized spacial score (nSPS) is 20.2. The number of phenolic OH excluding ortho intramolecular Hbond substituents is 1. The summed E-state index contributed by atoms with van der Waals surface area (Å²) in [5.74, 6) is -1.88. The van der Waals surface area contributed by atoms with E-state index in [4.69, 9.17) is 0 Å². The topological polar surface area (TPSA) is 77.8 Å². The average Bonchev–Trinajstić information content (AvgIpc) is 2.55. The van der Waals surface area contributed by atoms with Crippen LogP contribution >= 0.6 is 0 Å². The first-order chi connectivity index (χ1) is 11.0. The van der Waals surface area contributed by atoms with Crippen LogP contribution in [0, 0.1) is 0 Å². The Bertz CT molecular complexity index is 754. The molecule has 0 aromatic heterocycles. The van der Waals surface area contributed by atoms with Gasteiger partial charge in [0.15, 0.2) is 0 Å². The van der Waals surface area contributed by atoms with Crippen molar-refractivity contribution in [2.24, 2.45) is 0 Å². The molecule has 3 rings (SSSR count). The van der Waals surface area contributed by atoms with Gasteiger partial charge in [0.25, 0.3) is 5.91 Å². The van der Waals surface area contributed by atoms with Crippen molar-refractivity contribution < 1.29 is 19.8 Å². The molecule has 0 fully saturated rings. The number of rotatable bonds is 3. The van der Waals surface area contributed by atoms with Crippen molar-refractivity contribution in [3.05, 3.63) is 65.2 Å². The zero-order valence-corrected chi connectivity index (χ0v) is 12.6. The summed E-state index contributed by atoms with van der Waals surface area (Å²) in [6.45, 7) is 2.24. The predicted octanol–water partition coefficient (Wildman–Crippen LogP) is 2.78. The van der Waals surface area contributed by atoms with Crippen LogP contribution < -0.4 is 0 Å². The van der Waals surface area contributed by atoms with Gasteiger partial charge in [0.1, 0.15) is 11.7 Å². The molecule has 1 aliphatic rings. The number of fused-ring (bicyclic) bond motifs is 1. The van der Waals surface area contributed by atoms with E-state index >= 15 is 0 Å². The lowest BCUT2D eigenvalue weighted by Crippen LogP contribution is -2.44. The second-order valence-electron chi connectivity index (χ2n) is 5.53. The van der Waals surface area contributed by atoms with Crippen LogP contribution in [0.25, 0.3) is 0 Å². The summed E-state index contributed by atoms with van der Waals surface area (Å²) in [5, 5.41) is 19.2. The lowest BCUT2D eigenvalue weighted by Gasteiger charge is -2.40. The summed E-state index contributed by atoms with van der Waals surface area (Å²) in [5.41, 5.74) is 1.67. The van der Waals surface area contributed by atoms with E-state index in [0.717, 1.165) is 0 Å². The fourth-order valence-electron chi connectivity index (χ4n) is 3.25. The number of aliphatic carboxylic acids is 1. The van der Waals surface area contributed by atoms with Crippen molar-refractivity contribution in [3.8, 4) is 5.75 Å². The number of aromatic hydroxyl groups is 1. The van der Waals surface area contributed by atoms with Crippen LogP contribution in [0.3, 0.4) is 0 Å². The molecule has 0 radical (unpaired) electrons. The fraction of sp³-hybridized carbons (Fsp3) is 0.222. The highest BCUT2D eigenvalue weighted by Crippen LogP contribution is 2.42. The summed E-state index contributed by atoms with van der Waals surface area (Å²) in [4.78, 5) is 26.3. The van der Waals surface area contributed by atoms with Crippen molar-refractivity contribution in [2.45, 2.75) is 18.9 Å². The summed E-state index contributed by atoms with van der Waals surface area (Å²) in [7, 11) is 0. The van der Waals surface area contributed by atoms with E-state index in [2.05, 4.69) is 0 Å². The Morgan fingerprint density at radius 2 is 1.78 bits per heavy atom. The molecule has 5 nitrogen and oxygen atoms in total. The maximum atomic E-state index is 12.8. The quantitative estimate of drug-likeness (QED) is 0.913. The number of likely N-dealkylation sites (N-methyl/N-ethyl adjacent to an activating group) is 1. The monoisotopic (exact) mass is 311 g/mol. The van der Waals surface area contributed by atoms with Gasteiger partial charge in [0, 0.05) is 12.1 Å². The molecule has 0 spiro atoms. The minimum Gasteiger partial charge on any atom is -0.508 e. The van der Waals surface area contributed by atoms with Crippen LogP contribution in [0.15, 0.2) is 48.5 Å². The van der Waals surface area contributed by atoms with Crippen LogP contribution in [0.4, 0.5) is 0 Å². The van der Waals surface area contributed by atoms with Crippen molar-refractivity contribution in [3.63, 3.8) is 0 Å². The Hall–Kier alpha value is -2.82. The van der Waals surface area contributed by atoms with Gasteiger partial charge in [-0.25, -0.2) is 0 Å². The average molecular weight is 311 g/mol. The Kier molecular flexibility index (Phi) is 3.78. The van der Waals surface area contributed by atoms with E-state index in [0.29, 0.717) is 23.2 Å². The van der Waals surface area contributed by atoms with Gasteiger partial charge >= 0.3 is 5.97 Å². The fourth-order valence-corrected chi connectivity index (χ4v) is 3.25. The molecule has 1 aliphatic heterocycles. The highest BCUT2D eigenvalue weighted by Gasteiger charge is 2.43. The molecule has 5 heteroatoms. The molecule has 2 aromatic carbocycles. The van der Waals surface area contributed by atoms with E-state index in [-0.39, 0.29) is 11.7 Å². The van der Waals surface area contributed by atoms with E-state index < -0.39 is 17.9 Å². The number of carboxylic acid groups (broad SMARTS) is 1. The van der Waals surface area contributed by atoms with E-state index in [1.165, 1.54) is 12.1 Å². The highest BCUT2D eigenvalue weighted by molar-refractivity contribution is 6.00.